The van der Waals surface area contributed by atoms with Crippen LogP contribution in [0.4, 0.5) is 0 Å². The summed E-state index contributed by atoms with van der Waals surface area (Å²) in [6.45, 7) is 2.63. The minimum atomic E-state index is 0.529. The monoisotopic (exact) mass is 290 g/mol. The lowest BCUT2D eigenvalue weighted by Crippen LogP contribution is -2.10. The molecule has 0 N–H and O–H groups in total. The van der Waals surface area contributed by atoms with Crippen molar-refractivity contribution >= 4 is 22.8 Å². The van der Waals surface area contributed by atoms with E-state index < -0.39 is 0 Å². The molecule has 3 aromatic rings. The number of halogens is 1. The van der Waals surface area contributed by atoms with E-state index in [-0.39, 0.29) is 0 Å². The number of aromatic nitrogens is 6. The first kappa shape index (κ1) is 13.1. The summed E-state index contributed by atoms with van der Waals surface area (Å²) in [5.41, 5.74) is 2.91. The van der Waals surface area contributed by atoms with E-state index in [9.17, 15) is 0 Å². The van der Waals surface area contributed by atoms with Crippen LogP contribution >= 0.6 is 11.6 Å². The van der Waals surface area contributed by atoms with Crippen LogP contribution in [0.2, 0.25) is 0 Å². The number of imidazole rings is 1. The quantitative estimate of drug-likeness (QED) is 0.686. The molecule has 0 atom stereocenters. The summed E-state index contributed by atoms with van der Waals surface area (Å²) in [6, 6.07) is 1.96. The van der Waals surface area contributed by atoms with Crippen molar-refractivity contribution in [3.05, 3.63) is 35.8 Å². The van der Waals surface area contributed by atoms with Crippen LogP contribution in [0.5, 0.6) is 0 Å². The van der Waals surface area contributed by atoms with Crippen LogP contribution < -0.4 is 0 Å². The van der Waals surface area contributed by atoms with Gasteiger partial charge >= 0.3 is 0 Å². The van der Waals surface area contributed by atoms with Crippen molar-refractivity contribution in [2.24, 2.45) is 7.05 Å². The van der Waals surface area contributed by atoms with Gasteiger partial charge in [-0.3, -0.25) is 0 Å². The highest BCUT2D eigenvalue weighted by Crippen LogP contribution is 2.19. The largest absolute Gasteiger partial charge is 0.319 e. The molecular formula is C13H15ClN6. The van der Waals surface area contributed by atoms with Crippen molar-refractivity contribution < 1.29 is 0 Å². The molecule has 104 valence electrons. The molecule has 0 aromatic carbocycles. The van der Waals surface area contributed by atoms with Crippen molar-refractivity contribution in [3.8, 4) is 0 Å². The molecule has 0 saturated carbocycles. The molecule has 0 fully saturated rings. The van der Waals surface area contributed by atoms with E-state index in [1.165, 1.54) is 0 Å². The number of rotatable bonds is 4. The normalized spacial score (nSPS) is 11.3. The van der Waals surface area contributed by atoms with Gasteiger partial charge in [-0.2, -0.15) is 0 Å². The van der Waals surface area contributed by atoms with E-state index in [0.717, 1.165) is 28.4 Å². The molecule has 0 unspecified atom stereocenters. The first-order valence-electron chi connectivity index (χ1n) is 6.40. The Morgan fingerprint density at radius 3 is 2.85 bits per heavy atom. The van der Waals surface area contributed by atoms with Crippen molar-refractivity contribution in [2.75, 3.05) is 5.88 Å². The maximum Gasteiger partial charge on any atom is 0.160 e. The summed E-state index contributed by atoms with van der Waals surface area (Å²) in [5, 5.41) is 8.03. The van der Waals surface area contributed by atoms with Crippen LogP contribution in [0.1, 0.15) is 17.2 Å². The summed E-state index contributed by atoms with van der Waals surface area (Å²) in [4.78, 5) is 9.13. The Labute approximate surface area is 121 Å². The van der Waals surface area contributed by atoms with Gasteiger partial charge < -0.3 is 9.13 Å². The number of hydrogen-bond donors (Lipinski definition) is 0. The molecule has 0 aliphatic rings. The number of nitrogens with zero attached hydrogens (tertiary/aromatic N) is 6. The molecule has 0 radical (unpaired) electrons. The lowest BCUT2D eigenvalue weighted by Gasteiger charge is -2.07. The van der Waals surface area contributed by atoms with Crippen LogP contribution in [-0.4, -0.2) is 35.2 Å². The highest BCUT2D eigenvalue weighted by atomic mass is 35.5. The molecule has 20 heavy (non-hydrogen) atoms. The van der Waals surface area contributed by atoms with E-state index in [1.807, 2.05) is 24.6 Å². The van der Waals surface area contributed by atoms with Crippen LogP contribution in [0, 0.1) is 6.92 Å². The molecule has 0 aliphatic carbocycles. The summed E-state index contributed by atoms with van der Waals surface area (Å²) in [7, 11) is 1.92. The van der Waals surface area contributed by atoms with Gasteiger partial charge in [0.1, 0.15) is 17.7 Å². The molecule has 3 aromatic heterocycles. The SMILES string of the molecule is Cc1ccnc2c1nc(CCCl)n2Cc1nncn1C. The number of fused-ring (bicyclic) bond motifs is 1. The van der Waals surface area contributed by atoms with Crippen molar-refractivity contribution in [3.63, 3.8) is 0 Å². The minimum Gasteiger partial charge on any atom is -0.319 e. The van der Waals surface area contributed by atoms with E-state index in [2.05, 4.69) is 24.7 Å². The minimum absolute atomic E-state index is 0.529. The van der Waals surface area contributed by atoms with Crippen molar-refractivity contribution in [1.82, 2.24) is 29.3 Å². The van der Waals surface area contributed by atoms with Crippen LogP contribution in [-0.2, 0) is 20.0 Å². The molecule has 3 rings (SSSR count). The number of aryl methyl sites for hydroxylation is 3. The van der Waals surface area contributed by atoms with Gasteiger partial charge in [0, 0.05) is 25.5 Å². The van der Waals surface area contributed by atoms with E-state index >= 15 is 0 Å². The topological polar surface area (TPSA) is 61.4 Å². The highest BCUT2D eigenvalue weighted by molar-refractivity contribution is 6.17. The smallest absolute Gasteiger partial charge is 0.160 e. The summed E-state index contributed by atoms with van der Waals surface area (Å²) < 4.78 is 3.96. The fourth-order valence-corrected chi connectivity index (χ4v) is 2.39. The second kappa shape index (κ2) is 5.20. The van der Waals surface area contributed by atoms with Gasteiger partial charge in [-0.05, 0) is 18.6 Å². The number of pyridine rings is 1. The maximum atomic E-state index is 5.88. The zero-order valence-electron chi connectivity index (χ0n) is 11.4. The average Bonchev–Trinajstić information content (AvgIpc) is 2.98. The van der Waals surface area contributed by atoms with Gasteiger partial charge in [0.15, 0.2) is 11.5 Å². The first-order valence-corrected chi connectivity index (χ1v) is 6.93. The highest BCUT2D eigenvalue weighted by Gasteiger charge is 2.15. The predicted molar refractivity (Wildman–Crippen MR) is 76.8 cm³/mol. The Bertz CT molecular complexity index is 744. The molecule has 7 heteroatoms. The van der Waals surface area contributed by atoms with Crippen molar-refractivity contribution in [2.45, 2.75) is 19.9 Å². The van der Waals surface area contributed by atoms with Crippen molar-refractivity contribution in [1.29, 1.82) is 0 Å². The summed E-state index contributed by atoms with van der Waals surface area (Å²) >= 11 is 5.88. The predicted octanol–water partition coefficient (Wildman–Crippen LogP) is 1.70. The van der Waals surface area contributed by atoms with E-state index in [0.29, 0.717) is 18.8 Å². The van der Waals surface area contributed by atoms with Gasteiger partial charge in [0.05, 0.1) is 6.54 Å². The van der Waals surface area contributed by atoms with Gasteiger partial charge in [-0.15, -0.1) is 21.8 Å². The summed E-state index contributed by atoms with van der Waals surface area (Å²) in [5.74, 6) is 2.32. The molecule has 0 saturated heterocycles. The van der Waals surface area contributed by atoms with Crippen LogP contribution in [0.25, 0.3) is 11.2 Å². The van der Waals surface area contributed by atoms with Crippen LogP contribution in [0.3, 0.4) is 0 Å². The Hall–Kier alpha value is -1.95. The molecule has 0 spiro atoms. The second-order valence-electron chi connectivity index (χ2n) is 4.71. The standard InChI is InChI=1S/C13H15ClN6/c1-9-4-6-15-13-12(9)17-10(3-5-14)20(13)7-11-18-16-8-19(11)2/h4,6,8H,3,5,7H2,1-2H3. The third-order valence-electron chi connectivity index (χ3n) is 3.34. The average molecular weight is 291 g/mol. The second-order valence-corrected chi connectivity index (χ2v) is 5.09. The molecule has 3 heterocycles. The Balaban J connectivity index is 2.14. The lowest BCUT2D eigenvalue weighted by atomic mass is 10.3. The van der Waals surface area contributed by atoms with Gasteiger partial charge in [-0.25, -0.2) is 9.97 Å². The fraction of sp³-hybridized carbons (Fsp3) is 0.385. The first-order chi connectivity index (χ1) is 9.70. The molecule has 0 bridgehead atoms. The zero-order valence-corrected chi connectivity index (χ0v) is 12.2. The molecular weight excluding hydrogens is 276 g/mol. The van der Waals surface area contributed by atoms with Crippen LogP contribution in [0.15, 0.2) is 18.6 Å². The van der Waals surface area contributed by atoms with E-state index in [1.54, 1.807) is 12.5 Å². The Kier molecular flexibility index (Phi) is 3.40. The summed E-state index contributed by atoms with van der Waals surface area (Å²) in [6.07, 6.45) is 4.19. The molecule has 6 nitrogen and oxygen atoms in total. The number of hydrogen-bond acceptors (Lipinski definition) is 4. The maximum absolute atomic E-state index is 5.88. The third-order valence-corrected chi connectivity index (χ3v) is 3.53. The Morgan fingerprint density at radius 1 is 1.30 bits per heavy atom. The molecule has 0 aliphatic heterocycles. The Morgan fingerprint density at radius 2 is 2.15 bits per heavy atom. The lowest BCUT2D eigenvalue weighted by molar-refractivity contribution is 0.676. The van der Waals surface area contributed by atoms with E-state index in [4.69, 9.17) is 11.6 Å². The van der Waals surface area contributed by atoms with Gasteiger partial charge in [0.25, 0.3) is 0 Å². The van der Waals surface area contributed by atoms with Gasteiger partial charge in [-0.1, -0.05) is 0 Å². The number of alkyl halides is 1. The molecule has 0 amide bonds. The fourth-order valence-electron chi connectivity index (χ4n) is 2.22. The van der Waals surface area contributed by atoms with Gasteiger partial charge in [0.2, 0.25) is 0 Å². The third kappa shape index (κ3) is 2.16. The zero-order chi connectivity index (χ0) is 14.1.